The first-order chi connectivity index (χ1) is 8.18. The van der Waals surface area contributed by atoms with Crippen LogP contribution in [0.3, 0.4) is 0 Å². The molecule has 5 nitrogen and oxygen atoms in total. The Kier molecular flexibility index (Phi) is 3.27. The number of aromatic nitrogens is 4. The summed E-state index contributed by atoms with van der Waals surface area (Å²) in [6.07, 6.45) is 4.97. The fraction of sp³-hybridized carbons (Fsp3) is 0.333. The van der Waals surface area contributed by atoms with Crippen LogP contribution in [-0.2, 0) is 6.42 Å². The summed E-state index contributed by atoms with van der Waals surface area (Å²) in [5.74, 6) is 0.726. The fourth-order valence-corrected chi connectivity index (χ4v) is 1.62. The summed E-state index contributed by atoms with van der Waals surface area (Å²) in [5, 5.41) is 4.10. The quantitative estimate of drug-likeness (QED) is 0.750. The lowest BCUT2D eigenvalue weighted by Crippen LogP contribution is -2.13. The Morgan fingerprint density at radius 2 is 2.06 bits per heavy atom. The van der Waals surface area contributed by atoms with E-state index in [1.54, 1.807) is 29.2 Å². The molecule has 0 amide bonds. The first-order valence-corrected chi connectivity index (χ1v) is 5.50. The number of hydrogen-bond donors (Lipinski definition) is 0. The average Bonchev–Trinajstić information content (AvgIpc) is 2.78. The van der Waals surface area contributed by atoms with Gasteiger partial charge >= 0.3 is 0 Å². The van der Waals surface area contributed by atoms with Crippen LogP contribution in [0.15, 0.2) is 30.9 Å². The predicted octanol–water partition coefficient (Wildman–Crippen LogP) is 1.68. The van der Waals surface area contributed by atoms with E-state index in [9.17, 15) is 4.79 Å². The highest BCUT2D eigenvalue weighted by Gasteiger charge is 2.13. The molecule has 0 aliphatic carbocycles. The molecule has 2 rings (SSSR count). The van der Waals surface area contributed by atoms with Crippen LogP contribution in [-0.4, -0.2) is 25.5 Å². The van der Waals surface area contributed by atoms with Crippen LogP contribution < -0.4 is 0 Å². The van der Waals surface area contributed by atoms with E-state index >= 15 is 0 Å². The van der Waals surface area contributed by atoms with Gasteiger partial charge in [-0.3, -0.25) is 9.78 Å². The molecule has 88 valence electrons. The van der Waals surface area contributed by atoms with Crippen LogP contribution in [0.25, 0.3) is 0 Å². The largest absolute Gasteiger partial charge is 0.294 e. The zero-order chi connectivity index (χ0) is 12.3. The van der Waals surface area contributed by atoms with Crippen molar-refractivity contribution in [3.05, 3.63) is 42.2 Å². The van der Waals surface area contributed by atoms with Crippen molar-refractivity contribution < 1.29 is 4.79 Å². The van der Waals surface area contributed by atoms with Gasteiger partial charge in [-0.15, -0.1) is 0 Å². The molecule has 0 aliphatic heterocycles. The van der Waals surface area contributed by atoms with Gasteiger partial charge in [0.2, 0.25) is 0 Å². The highest BCUT2D eigenvalue weighted by molar-refractivity contribution is 5.96. The first-order valence-electron chi connectivity index (χ1n) is 5.50. The SMILES string of the molecule is CC(C)n1ncnc1CC(=O)c1ccncc1. The van der Waals surface area contributed by atoms with Crippen molar-refractivity contribution in [3.8, 4) is 0 Å². The number of carbonyl (C=O) groups is 1. The Hall–Kier alpha value is -2.04. The number of nitrogens with zero attached hydrogens (tertiary/aromatic N) is 4. The Morgan fingerprint density at radius 3 is 2.71 bits per heavy atom. The highest BCUT2D eigenvalue weighted by Crippen LogP contribution is 2.08. The zero-order valence-electron chi connectivity index (χ0n) is 9.87. The summed E-state index contributed by atoms with van der Waals surface area (Å²) >= 11 is 0. The van der Waals surface area contributed by atoms with E-state index in [1.165, 1.54) is 6.33 Å². The molecule has 0 radical (unpaired) electrons. The van der Waals surface area contributed by atoms with Crippen molar-refractivity contribution in [2.75, 3.05) is 0 Å². The second-order valence-electron chi connectivity index (χ2n) is 4.05. The van der Waals surface area contributed by atoms with Crippen molar-refractivity contribution in [2.24, 2.45) is 0 Å². The van der Waals surface area contributed by atoms with Gasteiger partial charge in [-0.05, 0) is 26.0 Å². The molecule has 0 saturated carbocycles. The van der Waals surface area contributed by atoms with E-state index in [-0.39, 0.29) is 18.2 Å². The molecule has 0 bridgehead atoms. The monoisotopic (exact) mass is 230 g/mol. The molecule has 2 aromatic heterocycles. The van der Waals surface area contributed by atoms with Gasteiger partial charge in [-0.1, -0.05) is 0 Å². The summed E-state index contributed by atoms with van der Waals surface area (Å²) in [6, 6.07) is 3.62. The summed E-state index contributed by atoms with van der Waals surface area (Å²) in [7, 11) is 0. The molecule has 0 fully saturated rings. The molecule has 0 N–H and O–H groups in total. The van der Waals surface area contributed by atoms with Crippen LogP contribution in [0.5, 0.6) is 0 Å². The van der Waals surface area contributed by atoms with Crippen LogP contribution in [0.2, 0.25) is 0 Å². The molecule has 0 spiro atoms. The van der Waals surface area contributed by atoms with E-state index < -0.39 is 0 Å². The van der Waals surface area contributed by atoms with Crippen LogP contribution in [0, 0.1) is 0 Å². The molecule has 0 aromatic carbocycles. The Labute approximate surface area is 99.5 Å². The lowest BCUT2D eigenvalue weighted by atomic mass is 10.1. The van der Waals surface area contributed by atoms with Crippen LogP contribution >= 0.6 is 0 Å². The maximum atomic E-state index is 12.0. The molecular formula is C12H14N4O. The summed E-state index contributed by atoms with van der Waals surface area (Å²) in [6.45, 7) is 4.02. The third kappa shape index (κ3) is 2.55. The van der Waals surface area contributed by atoms with Gasteiger partial charge in [0.1, 0.15) is 12.2 Å². The minimum Gasteiger partial charge on any atom is -0.294 e. The predicted molar refractivity (Wildman–Crippen MR) is 62.7 cm³/mol. The van der Waals surface area contributed by atoms with Crippen molar-refractivity contribution in [1.29, 1.82) is 0 Å². The second-order valence-corrected chi connectivity index (χ2v) is 4.05. The summed E-state index contributed by atoms with van der Waals surface area (Å²) < 4.78 is 1.76. The topological polar surface area (TPSA) is 60.7 Å². The van der Waals surface area contributed by atoms with Gasteiger partial charge in [0.05, 0.1) is 6.42 Å². The second kappa shape index (κ2) is 4.86. The number of hydrogen-bond acceptors (Lipinski definition) is 4. The van der Waals surface area contributed by atoms with Crippen molar-refractivity contribution in [2.45, 2.75) is 26.3 Å². The van der Waals surface area contributed by atoms with E-state index in [2.05, 4.69) is 15.1 Å². The molecule has 2 heterocycles. The number of carbonyl (C=O) groups excluding carboxylic acids is 1. The van der Waals surface area contributed by atoms with Gasteiger partial charge < -0.3 is 0 Å². The first kappa shape index (κ1) is 11.4. The highest BCUT2D eigenvalue weighted by atomic mass is 16.1. The van der Waals surface area contributed by atoms with Gasteiger partial charge in [-0.25, -0.2) is 9.67 Å². The number of ketones is 1. The third-order valence-electron chi connectivity index (χ3n) is 2.46. The Bertz CT molecular complexity index is 504. The number of rotatable bonds is 4. The maximum absolute atomic E-state index is 12.0. The number of Topliss-reactive ketones (excluding diaryl/α,β-unsaturated/α-hetero) is 1. The lowest BCUT2D eigenvalue weighted by Gasteiger charge is -2.08. The smallest absolute Gasteiger partial charge is 0.170 e. The standard InChI is InChI=1S/C12H14N4O/c1-9(2)16-12(14-8-15-16)7-11(17)10-3-5-13-6-4-10/h3-6,8-9H,7H2,1-2H3. The van der Waals surface area contributed by atoms with E-state index in [4.69, 9.17) is 0 Å². The van der Waals surface area contributed by atoms with Crippen LogP contribution in [0.4, 0.5) is 0 Å². The summed E-state index contributed by atoms with van der Waals surface area (Å²) in [5.41, 5.74) is 0.651. The molecular weight excluding hydrogens is 216 g/mol. The molecule has 0 unspecified atom stereocenters. The van der Waals surface area contributed by atoms with Gasteiger partial charge in [0, 0.05) is 24.0 Å². The molecule has 0 saturated heterocycles. The molecule has 5 heteroatoms. The Balaban J connectivity index is 2.16. The van der Waals surface area contributed by atoms with E-state index in [0.717, 1.165) is 0 Å². The average molecular weight is 230 g/mol. The number of pyridine rings is 1. The molecule has 2 aromatic rings. The van der Waals surface area contributed by atoms with Crippen molar-refractivity contribution in [1.82, 2.24) is 19.7 Å². The summed E-state index contributed by atoms with van der Waals surface area (Å²) in [4.78, 5) is 20.0. The van der Waals surface area contributed by atoms with Gasteiger partial charge in [-0.2, -0.15) is 5.10 Å². The minimum absolute atomic E-state index is 0.0299. The van der Waals surface area contributed by atoms with E-state index in [0.29, 0.717) is 11.4 Å². The molecule has 0 atom stereocenters. The van der Waals surface area contributed by atoms with Crippen molar-refractivity contribution in [3.63, 3.8) is 0 Å². The van der Waals surface area contributed by atoms with Crippen LogP contribution in [0.1, 0.15) is 36.1 Å². The molecule has 0 aliphatic rings. The van der Waals surface area contributed by atoms with Gasteiger partial charge in [0.15, 0.2) is 5.78 Å². The normalized spacial score (nSPS) is 10.8. The van der Waals surface area contributed by atoms with Gasteiger partial charge in [0.25, 0.3) is 0 Å². The van der Waals surface area contributed by atoms with E-state index in [1.807, 2.05) is 13.8 Å². The van der Waals surface area contributed by atoms with Crippen molar-refractivity contribution >= 4 is 5.78 Å². The lowest BCUT2D eigenvalue weighted by molar-refractivity contribution is 0.0989. The molecule has 17 heavy (non-hydrogen) atoms. The minimum atomic E-state index is 0.0299. The third-order valence-corrected chi connectivity index (χ3v) is 2.46. The Morgan fingerprint density at radius 1 is 1.35 bits per heavy atom. The fourth-order valence-electron chi connectivity index (χ4n) is 1.62. The zero-order valence-corrected chi connectivity index (χ0v) is 9.87. The maximum Gasteiger partial charge on any atom is 0.170 e.